The zero-order valence-corrected chi connectivity index (χ0v) is 30.6. The van der Waals surface area contributed by atoms with Crippen LogP contribution in [-0.2, 0) is 39.5 Å². The van der Waals surface area contributed by atoms with Gasteiger partial charge in [-0.25, -0.2) is 8.78 Å². The van der Waals surface area contributed by atoms with Crippen molar-refractivity contribution in [1.82, 2.24) is 14.8 Å². The molecule has 0 radical (unpaired) electrons. The predicted molar refractivity (Wildman–Crippen MR) is 189 cm³/mol. The van der Waals surface area contributed by atoms with Crippen LogP contribution in [0, 0.1) is 18.6 Å². The number of aromatic nitrogens is 1. The SMILES string of the molecule is C=CC[C@@H](C(=O)N[C@@H](CC(=O)OCC)c1cc(-c2c(C)cc(F)cc2CCC=CC)cc(C(F)(F)F)c1F)n1cc(CCN(C)C)c(C(F)(F)F)cc1=O. The molecule has 2 atom stereocenters. The lowest BCUT2D eigenvalue weighted by Crippen LogP contribution is -2.40. The summed E-state index contributed by atoms with van der Waals surface area (Å²) >= 11 is 0. The van der Waals surface area contributed by atoms with Crippen LogP contribution in [0.3, 0.4) is 0 Å². The zero-order chi connectivity index (χ0) is 40.5. The minimum absolute atomic E-state index is 0.142. The molecule has 0 aliphatic heterocycles. The Morgan fingerprint density at radius 2 is 1.65 bits per heavy atom. The number of carbonyl (C=O) groups is 2. The molecular weight excluding hydrogens is 726 g/mol. The van der Waals surface area contributed by atoms with Crippen molar-refractivity contribution >= 4 is 11.9 Å². The molecule has 0 saturated heterocycles. The summed E-state index contributed by atoms with van der Waals surface area (Å²) < 4.78 is 122. The van der Waals surface area contributed by atoms with E-state index in [9.17, 15) is 45.1 Å². The Morgan fingerprint density at radius 1 is 0.981 bits per heavy atom. The van der Waals surface area contributed by atoms with Crippen LogP contribution in [-0.4, -0.2) is 48.6 Å². The number of halogens is 8. The number of esters is 1. The summed E-state index contributed by atoms with van der Waals surface area (Å²) in [6, 6.07) is 0.758. The van der Waals surface area contributed by atoms with Gasteiger partial charge in [0.1, 0.15) is 17.7 Å². The van der Waals surface area contributed by atoms with E-state index in [1.807, 2.05) is 0 Å². The molecule has 1 aromatic heterocycles. The second-order valence-corrected chi connectivity index (χ2v) is 12.9. The second kappa shape index (κ2) is 18.5. The molecule has 2 aromatic carbocycles. The molecule has 7 nitrogen and oxygen atoms in total. The third kappa shape index (κ3) is 11.1. The summed E-state index contributed by atoms with van der Waals surface area (Å²) in [5, 5.41) is 2.37. The van der Waals surface area contributed by atoms with Crippen molar-refractivity contribution in [3.8, 4) is 11.1 Å². The topological polar surface area (TPSA) is 80.6 Å². The molecule has 0 unspecified atom stereocenters. The first-order chi connectivity index (χ1) is 25.2. The second-order valence-electron chi connectivity index (χ2n) is 12.9. The van der Waals surface area contributed by atoms with Gasteiger partial charge in [-0.3, -0.25) is 14.4 Å². The highest BCUT2D eigenvalue weighted by Gasteiger charge is 2.39. The number of benzene rings is 2. The molecule has 0 fully saturated rings. The molecule has 0 aliphatic carbocycles. The van der Waals surface area contributed by atoms with Crippen molar-refractivity contribution in [1.29, 1.82) is 0 Å². The molecule has 1 amide bonds. The van der Waals surface area contributed by atoms with Gasteiger partial charge in [-0.05, 0) is 113 Å². The smallest absolute Gasteiger partial charge is 0.419 e. The molecule has 294 valence electrons. The predicted octanol–water partition coefficient (Wildman–Crippen LogP) is 8.68. The van der Waals surface area contributed by atoms with E-state index in [1.54, 1.807) is 38.1 Å². The van der Waals surface area contributed by atoms with Crippen molar-refractivity contribution in [2.45, 2.75) is 77.3 Å². The lowest BCUT2D eigenvalue weighted by molar-refractivity contribution is -0.144. The van der Waals surface area contributed by atoms with Crippen LogP contribution in [0.15, 0.2) is 66.1 Å². The number of amides is 1. The fraction of sp³-hybridized carbons (Fsp3) is 0.410. The number of rotatable bonds is 16. The van der Waals surface area contributed by atoms with E-state index in [2.05, 4.69) is 11.9 Å². The number of alkyl halides is 6. The van der Waals surface area contributed by atoms with Crippen LogP contribution in [0.25, 0.3) is 11.1 Å². The Morgan fingerprint density at radius 3 is 2.22 bits per heavy atom. The van der Waals surface area contributed by atoms with Crippen LogP contribution in [0.1, 0.15) is 78.6 Å². The van der Waals surface area contributed by atoms with Crippen LogP contribution in [0.4, 0.5) is 35.1 Å². The number of hydrogen-bond acceptors (Lipinski definition) is 5. The summed E-state index contributed by atoms with van der Waals surface area (Å²) in [6.45, 7) is 8.22. The first kappa shape index (κ1) is 43.6. The average Bonchev–Trinajstić information content (AvgIpc) is 3.05. The Kier molecular flexibility index (Phi) is 14.9. The molecule has 54 heavy (non-hydrogen) atoms. The molecular formula is C39H43F8N3O4. The molecule has 0 aliphatic rings. The van der Waals surface area contributed by atoms with Gasteiger partial charge in [0, 0.05) is 24.4 Å². The molecule has 1 N–H and O–H groups in total. The van der Waals surface area contributed by atoms with Gasteiger partial charge in [0.25, 0.3) is 5.56 Å². The van der Waals surface area contributed by atoms with E-state index in [4.69, 9.17) is 4.74 Å². The van der Waals surface area contributed by atoms with Crippen molar-refractivity contribution in [2.75, 3.05) is 27.2 Å². The van der Waals surface area contributed by atoms with Crippen LogP contribution < -0.4 is 10.9 Å². The monoisotopic (exact) mass is 769 g/mol. The van der Waals surface area contributed by atoms with Crippen molar-refractivity contribution in [2.24, 2.45) is 0 Å². The number of hydrogen-bond donors (Lipinski definition) is 1. The van der Waals surface area contributed by atoms with E-state index < -0.39 is 76.6 Å². The summed E-state index contributed by atoms with van der Waals surface area (Å²) in [4.78, 5) is 41.6. The number of likely N-dealkylation sites (N-methyl/N-ethyl adjacent to an activating group) is 1. The molecule has 0 spiro atoms. The minimum atomic E-state index is -5.27. The lowest BCUT2D eigenvalue weighted by atomic mass is 9.88. The van der Waals surface area contributed by atoms with Gasteiger partial charge in [-0.15, -0.1) is 6.58 Å². The average molecular weight is 770 g/mol. The maximum absolute atomic E-state index is 16.1. The quantitative estimate of drug-likeness (QED) is 0.0897. The standard InChI is InChI=1S/C39H43F8N3O4/c1-7-10-11-13-24-17-27(40)16-23(4)35(24)26-18-28(36(41)30(19-26)39(45,46)47)31(21-34(52)54-9-3)48-37(53)32(12-8-2)50-22-25(14-15-49(5)6)29(20-33(50)51)38(42,43)44/h7-8,10,16-20,22,31-32H,2,9,11-15,21H2,1,3-6H3,(H,48,53)/t31-,32-/m0/s1. The number of carbonyl (C=O) groups excluding carboxylic acids is 2. The van der Waals surface area contributed by atoms with Gasteiger partial charge < -0.3 is 19.5 Å². The number of allylic oxidation sites excluding steroid dienone is 3. The third-order valence-corrected chi connectivity index (χ3v) is 8.59. The van der Waals surface area contributed by atoms with Gasteiger partial charge in [-0.1, -0.05) is 18.2 Å². The fourth-order valence-electron chi connectivity index (χ4n) is 6.12. The Balaban J connectivity index is 2.29. The highest BCUT2D eigenvalue weighted by Crippen LogP contribution is 2.41. The van der Waals surface area contributed by atoms with E-state index in [0.717, 1.165) is 29.0 Å². The summed E-state index contributed by atoms with van der Waals surface area (Å²) in [6.07, 6.45) is -5.36. The van der Waals surface area contributed by atoms with Crippen molar-refractivity contribution in [3.05, 3.63) is 117 Å². The molecule has 15 heteroatoms. The molecule has 1 heterocycles. The minimum Gasteiger partial charge on any atom is -0.466 e. The van der Waals surface area contributed by atoms with E-state index in [1.165, 1.54) is 19.9 Å². The number of ether oxygens (including phenoxy) is 1. The van der Waals surface area contributed by atoms with Gasteiger partial charge in [0.2, 0.25) is 5.91 Å². The number of nitrogens with one attached hydrogen (secondary N) is 1. The molecule has 0 saturated carbocycles. The Bertz CT molecular complexity index is 1920. The van der Waals surface area contributed by atoms with E-state index in [-0.39, 0.29) is 54.7 Å². The van der Waals surface area contributed by atoms with Crippen LogP contribution >= 0.6 is 0 Å². The van der Waals surface area contributed by atoms with Gasteiger partial charge in [0.05, 0.1) is 30.2 Å². The lowest BCUT2D eigenvalue weighted by Gasteiger charge is -2.26. The highest BCUT2D eigenvalue weighted by molar-refractivity contribution is 5.82. The van der Waals surface area contributed by atoms with Crippen molar-refractivity contribution in [3.63, 3.8) is 0 Å². The van der Waals surface area contributed by atoms with Crippen molar-refractivity contribution < 1.29 is 49.4 Å². The highest BCUT2D eigenvalue weighted by atomic mass is 19.4. The van der Waals surface area contributed by atoms with Gasteiger partial charge >= 0.3 is 18.3 Å². The van der Waals surface area contributed by atoms with Crippen LogP contribution in [0.2, 0.25) is 0 Å². The van der Waals surface area contributed by atoms with Crippen LogP contribution in [0.5, 0.6) is 0 Å². The maximum atomic E-state index is 16.1. The molecule has 3 rings (SSSR count). The molecule has 3 aromatic rings. The largest absolute Gasteiger partial charge is 0.466 e. The summed E-state index contributed by atoms with van der Waals surface area (Å²) in [5.41, 5.74) is -4.68. The third-order valence-electron chi connectivity index (χ3n) is 8.59. The Labute approximate surface area is 308 Å². The fourth-order valence-corrected chi connectivity index (χ4v) is 6.12. The van der Waals surface area contributed by atoms with Gasteiger partial charge in [-0.2, -0.15) is 26.3 Å². The summed E-state index contributed by atoms with van der Waals surface area (Å²) in [5.74, 6) is -4.61. The number of aryl methyl sites for hydroxylation is 2. The number of pyridine rings is 1. The van der Waals surface area contributed by atoms with Gasteiger partial charge in [0.15, 0.2) is 0 Å². The van der Waals surface area contributed by atoms with E-state index >= 15 is 4.39 Å². The molecule has 0 bridgehead atoms. The zero-order valence-electron chi connectivity index (χ0n) is 30.6. The number of nitrogens with zero attached hydrogens (tertiary/aromatic N) is 2. The maximum Gasteiger partial charge on any atom is 0.419 e. The Hall–Kier alpha value is -4.79. The first-order valence-electron chi connectivity index (χ1n) is 17.1. The summed E-state index contributed by atoms with van der Waals surface area (Å²) in [7, 11) is 3.25. The first-order valence-corrected chi connectivity index (χ1v) is 17.1. The normalized spacial score (nSPS) is 13.3. The van der Waals surface area contributed by atoms with E-state index in [0.29, 0.717) is 24.1 Å².